The first kappa shape index (κ1) is 18.7. The topological polar surface area (TPSA) is 72.0 Å². The van der Waals surface area contributed by atoms with Gasteiger partial charge in [0.25, 0.3) is 0 Å². The van der Waals surface area contributed by atoms with E-state index in [1.54, 1.807) is 0 Å². The number of aliphatic hydroxyl groups is 1. The number of nitrogens with zero attached hydrogens (tertiary/aromatic N) is 2. The molecule has 5 aliphatic rings. The first-order chi connectivity index (χ1) is 13.2. The van der Waals surface area contributed by atoms with Gasteiger partial charge in [-0.2, -0.15) is 0 Å². The van der Waals surface area contributed by atoms with Crippen molar-refractivity contribution in [1.29, 1.82) is 0 Å². The molecule has 8 unspecified atom stereocenters. The third-order valence-corrected chi connectivity index (χ3v) is 7.30. The number of hydrazine groups is 1. The second-order valence-electron chi connectivity index (χ2n) is 9.14. The molecule has 0 aromatic heterocycles. The van der Waals surface area contributed by atoms with Crippen molar-refractivity contribution < 1.29 is 14.2 Å². The molecule has 8 heteroatoms. The summed E-state index contributed by atoms with van der Waals surface area (Å²) >= 11 is 0. The van der Waals surface area contributed by atoms with E-state index in [1.165, 1.54) is 6.42 Å². The highest BCUT2D eigenvalue weighted by atomic mass is 19.1. The largest absolute Gasteiger partial charge is 0.378 e. The van der Waals surface area contributed by atoms with Crippen LogP contribution in [0.2, 0.25) is 0 Å². The number of rotatable bonds is 0. The maximum atomic E-state index is 14.1. The number of hydrogen-bond acceptors (Lipinski definition) is 7. The molecule has 4 N–H and O–H groups in total. The predicted molar refractivity (Wildman–Crippen MR) is 99.2 cm³/mol. The number of nitrogens with one attached hydrogen (secondary N) is 3. The molecule has 5 rings (SSSR count). The minimum absolute atomic E-state index is 0.0685. The zero-order chi connectivity index (χ0) is 18.4. The van der Waals surface area contributed by atoms with Crippen LogP contribution in [-0.2, 0) is 4.74 Å². The Kier molecular flexibility index (Phi) is 5.40. The van der Waals surface area contributed by atoms with Crippen LogP contribution < -0.4 is 16.1 Å². The molecule has 4 aliphatic heterocycles. The lowest BCUT2D eigenvalue weighted by Crippen LogP contribution is -2.68. The lowest BCUT2D eigenvalue weighted by atomic mass is 9.89. The summed E-state index contributed by atoms with van der Waals surface area (Å²) in [7, 11) is 0. The standard InChI is InChI=1S/C19H34FN5O2/c20-13-2-3-15-16(9-13)27-7-1-5-24-6-4-12(11-24)8-17-22-18-14(19(26)23-17)10-21-25(15)18/h12-19,21-23,26H,1-11H2/t12-,13?,14?,15?,16?,17?,18?,19?/m1/s1. The summed E-state index contributed by atoms with van der Waals surface area (Å²) in [5.74, 6) is 0.762. The molecule has 0 aromatic carbocycles. The van der Waals surface area contributed by atoms with Crippen molar-refractivity contribution in [3.8, 4) is 0 Å². The van der Waals surface area contributed by atoms with Gasteiger partial charge < -0.3 is 14.7 Å². The minimum atomic E-state index is -0.762. The Morgan fingerprint density at radius 2 is 2.00 bits per heavy atom. The minimum Gasteiger partial charge on any atom is -0.378 e. The fraction of sp³-hybridized carbons (Fsp3) is 1.00. The average molecular weight is 384 g/mol. The Labute approximate surface area is 160 Å². The SMILES string of the molecule is OC1NC2C[C@H]3CCN(CCCOC4CC(F)CCC4N4NCC1C4N2)C3. The Balaban J connectivity index is 1.38. The molecule has 0 amide bonds. The highest BCUT2D eigenvalue weighted by Crippen LogP contribution is 2.33. The van der Waals surface area contributed by atoms with E-state index >= 15 is 0 Å². The monoisotopic (exact) mass is 383 g/mol. The van der Waals surface area contributed by atoms with E-state index < -0.39 is 12.4 Å². The molecule has 27 heavy (non-hydrogen) atoms. The van der Waals surface area contributed by atoms with Crippen molar-refractivity contribution in [2.24, 2.45) is 11.8 Å². The summed E-state index contributed by atoms with van der Waals surface area (Å²) in [6, 6.07) is 0.158. The van der Waals surface area contributed by atoms with Gasteiger partial charge in [0.1, 0.15) is 12.4 Å². The van der Waals surface area contributed by atoms with E-state index in [1.807, 2.05) is 0 Å². The molecule has 0 radical (unpaired) electrons. The van der Waals surface area contributed by atoms with E-state index in [0.717, 1.165) is 45.4 Å². The molecule has 4 bridgehead atoms. The summed E-state index contributed by atoms with van der Waals surface area (Å²) in [5, 5.41) is 20.1. The Bertz CT molecular complexity index is 528. The van der Waals surface area contributed by atoms with Crippen LogP contribution in [0.4, 0.5) is 4.39 Å². The van der Waals surface area contributed by atoms with E-state index in [4.69, 9.17) is 4.74 Å². The second-order valence-corrected chi connectivity index (χ2v) is 9.14. The van der Waals surface area contributed by atoms with Crippen molar-refractivity contribution in [2.45, 2.75) is 75.4 Å². The van der Waals surface area contributed by atoms with Crippen molar-refractivity contribution in [2.75, 3.05) is 32.8 Å². The molecule has 7 nitrogen and oxygen atoms in total. The van der Waals surface area contributed by atoms with Crippen LogP contribution >= 0.6 is 0 Å². The molecule has 154 valence electrons. The summed E-state index contributed by atoms with van der Waals surface area (Å²) < 4.78 is 20.3. The normalized spacial score (nSPS) is 51.6. The molecule has 4 heterocycles. The van der Waals surface area contributed by atoms with Crippen LogP contribution in [-0.4, -0.2) is 84.7 Å². The summed E-state index contributed by atoms with van der Waals surface area (Å²) in [6.07, 6.45) is 3.99. The Hall–Kier alpha value is -0.350. The number of fused-ring (bicyclic) bond motifs is 5. The summed E-state index contributed by atoms with van der Waals surface area (Å²) in [5.41, 5.74) is 3.50. The zero-order valence-corrected chi connectivity index (χ0v) is 16.0. The molecule has 4 saturated heterocycles. The van der Waals surface area contributed by atoms with Gasteiger partial charge in [0.2, 0.25) is 0 Å². The molecular weight excluding hydrogens is 349 g/mol. The van der Waals surface area contributed by atoms with E-state index in [2.05, 4.69) is 26.0 Å². The maximum absolute atomic E-state index is 14.1. The molecule has 5 fully saturated rings. The van der Waals surface area contributed by atoms with Gasteiger partial charge >= 0.3 is 0 Å². The van der Waals surface area contributed by atoms with E-state index in [-0.39, 0.29) is 30.4 Å². The number of halogens is 1. The first-order valence-corrected chi connectivity index (χ1v) is 10.9. The fourth-order valence-electron chi connectivity index (χ4n) is 5.89. The van der Waals surface area contributed by atoms with E-state index in [9.17, 15) is 9.50 Å². The van der Waals surface area contributed by atoms with Gasteiger partial charge in [0.05, 0.1) is 24.5 Å². The van der Waals surface area contributed by atoms with Gasteiger partial charge in [-0.25, -0.2) is 9.40 Å². The van der Waals surface area contributed by atoms with Crippen LogP contribution in [0.5, 0.6) is 0 Å². The highest BCUT2D eigenvalue weighted by molar-refractivity contribution is 4.99. The first-order valence-electron chi connectivity index (χ1n) is 10.9. The lowest BCUT2D eigenvalue weighted by molar-refractivity contribution is -0.0939. The number of aliphatic hydroxyl groups excluding tert-OH is 1. The van der Waals surface area contributed by atoms with Crippen molar-refractivity contribution in [1.82, 2.24) is 26.0 Å². The fourth-order valence-corrected chi connectivity index (χ4v) is 5.89. The van der Waals surface area contributed by atoms with Crippen LogP contribution in [0.1, 0.15) is 38.5 Å². The lowest BCUT2D eigenvalue weighted by Gasteiger charge is -2.46. The third-order valence-electron chi connectivity index (χ3n) is 7.30. The highest BCUT2D eigenvalue weighted by Gasteiger charge is 2.49. The van der Waals surface area contributed by atoms with Gasteiger partial charge in [-0.1, -0.05) is 0 Å². The quantitative estimate of drug-likeness (QED) is 0.469. The van der Waals surface area contributed by atoms with Crippen LogP contribution in [0.25, 0.3) is 0 Å². The Morgan fingerprint density at radius 3 is 2.93 bits per heavy atom. The molecule has 1 aliphatic carbocycles. The maximum Gasteiger partial charge on any atom is 0.113 e. The number of alkyl halides is 1. The molecule has 1 saturated carbocycles. The number of hydrogen-bond donors (Lipinski definition) is 4. The average Bonchev–Trinajstić information content (AvgIpc) is 3.26. The molecular formula is C19H34FN5O2. The summed E-state index contributed by atoms with van der Waals surface area (Å²) in [6.45, 7) is 4.78. The van der Waals surface area contributed by atoms with Gasteiger partial charge in [0, 0.05) is 38.6 Å². The molecule has 0 spiro atoms. The molecule has 9 atom stereocenters. The van der Waals surface area contributed by atoms with Crippen molar-refractivity contribution in [3.63, 3.8) is 0 Å². The van der Waals surface area contributed by atoms with Crippen molar-refractivity contribution in [3.05, 3.63) is 0 Å². The number of ether oxygens (including phenoxy) is 1. The van der Waals surface area contributed by atoms with Gasteiger partial charge in [-0.3, -0.25) is 16.1 Å². The van der Waals surface area contributed by atoms with Crippen LogP contribution in [0.3, 0.4) is 0 Å². The van der Waals surface area contributed by atoms with Crippen LogP contribution in [0.15, 0.2) is 0 Å². The van der Waals surface area contributed by atoms with Gasteiger partial charge in [0.15, 0.2) is 0 Å². The predicted octanol–water partition coefficient (Wildman–Crippen LogP) is -0.0223. The zero-order valence-electron chi connectivity index (χ0n) is 16.0. The van der Waals surface area contributed by atoms with Gasteiger partial charge in [-0.05, 0) is 44.6 Å². The van der Waals surface area contributed by atoms with Crippen molar-refractivity contribution >= 4 is 0 Å². The third kappa shape index (κ3) is 3.77. The molecule has 0 aromatic rings. The Morgan fingerprint density at radius 1 is 1.07 bits per heavy atom. The van der Waals surface area contributed by atoms with E-state index in [0.29, 0.717) is 25.4 Å². The van der Waals surface area contributed by atoms with Gasteiger partial charge in [-0.15, -0.1) is 0 Å². The summed E-state index contributed by atoms with van der Waals surface area (Å²) in [4.78, 5) is 2.53. The smallest absolute Gasteiger partial charge is 0.113 e. The van der Waals surface area contributed by atoms with Crippen LogP contribution in [0, 0.1) is 11.8 Å². The second kappa shape index (κ2) is 7.82.